The maximum Gasteiger partial charge on any atom is 0.434 e. The van der Waals surface area contributed by atoms with Crippen LogP contribution >= 0.6 is 11.3 Å². The Morgan fingerprint density at radius 3 is 2.37 bits per heavy atom. The fourth-order valence-electron chi connectivity index (χ4n) is 5.10. The van der Waals surface area contributed by atoms with E-state index in [-0.39, 0.29) is 16.5 Å². The second-order valence-electron chi connectivity index (χ2n) is 10.8. The molecular weight excluding hydrogens is 581 g/mol. The van der Waals surface area contributed by atoms with Crippen LogP contribution in [0.1, 0.15) is 28.7 Å². The fraction of sp³-hybridized carbons (Fsp3) is 0.367. The first-order chi connectivity index (χ1) is 20.3. The van der Waals surface area contributed by atoms with E-state index in [1.54, 1.807) is 53.4 Å². The molecule has 9 nitrogen and oxygen atoms in total. The van der Waals surface area contributed by atoms with Gasteiger partial charge < -0.3 is 19.3 Å². The number of likely N-dealkylation sites (N-methyl/N-ethyl adjacent to an activating group) is 1. The quantitative estimate of drug-likeness (QED) is 0.321. The fourth-order valence-corrected chi connectivity index (χ4v) is 5.96. The normalized spacial score (nSPS) is 14.1. The van der Waals surface area contributed by atoms with Gasteiger partial charge >= 0.3 is 6.18 Å². The molecule has 0 bridgehead atoms. The molecule has 2 amide bonds. The summed E-state index contributed by atoms with van der Waals surface area (Å²) in [6.45, 7) is 5.82. The van der Waals surface area contributed by atoms with Crippen molar-refractivity contribution >= 4 is 34.1 Å². The summed E-state index contributed by atoms with van der Waals surface area (Å²) in [7, 11) is 3.86. The average molecular weight is 613 g/mol. The van der Waals surface area contributed by atoms with E-state index < -0.39 is 23.2 Å². The third kappa shape index (κ3) is 6.32. The molecule has 1 fully saturated rings. The first-order valence-corrected chi connectivity index (χ1v) is 14.6. The third-order valence-corrected chi connectivity index (χ3v) is 8.36. The Labute approximate surface area is 250 Å². The largest absolute Gasteiger partial charge is 0.434 e. The Balaban J connectivity index is 1.61. The van der Waals surface area contributed by atoms with Crippen LogP contribution in [0.25, 0.3) is 32.6 Å². The number of carbonyl (C=O) groups excluding carboxylic acids is 2. The zero-order valence-corrected chi connectivity index (χ0v) is 25.1. The van der Waals surface area contributed by atoms with E-state index in [4.69, 9.17) is 0 Å². The van der Waals surface area contributed by atoms with Crippen LogP contribution in [0, 0.1) is 6.92 Å². The van der Waals surface area contributed by atoms with Gasteiger partial charge in [-0.3, -0.25) is 19.4 Å². The van der Waals surface area contributed by atoms with Gasteiger partial charge in [0.1, 0.15) is 10.6 Å². The molecule has 4 heterocycles. The second kappa shape index (κ2) is 11.9. The first kappa shape index (κ1) is 30.4. The van der Waals surface area contributed by atoms with E-state index in [1.807, 2.05) is 23.6 Å². The van der Waals surface area contributed by atoms with Gasteiger partial charge in [-0.15, -0.1) is 11.3 Å². The summed E-state index contributed by atoms with van der Waals surface area (Å²) in [4.78, 5) is 52.7. The predicted octanol–water partition coefficient (Wildman–Crippen LogP) is 4.38. The lowest BCUT2D eigenvalue weighted by molar-refractivity contribution is -0.140. The van der Waals surface area contributed by atoms with Crippen LogP contribution in [-0.2, 0) is 17.5 Å². The summed E-state index contributed by atoms with van der Waals surface area (Å²) in [6.07, 6.45) is -1.41. The molecule has 0 unspecified atom stereocenters. The van der Waals surface area contributed by atoms with Crippen molar-refractivity contribution in [1.82, 2.24) is 29.2 Å². The summed E-state index contributed by atoms with van der Waals surface area (Å²) < 4.78 is 41.9. The Bertz CT molecular complexity index is 1760. The van der Waals surface area contributed by atoms with Crippen molar-refractivity contribution in [1.29, 1.82) is 0 Å². The molecule has 4 aromatic rings. The van der Waals surface area contributed by atoms with Crippen molar-refractivity contribution in [3.05, 3.63) is 69.2 Å². The topological polar surface area (TPSA) is 91.6 Å². The van der Waals surface area contributed by atoms with Crippen molar-refractivity contribution in [2.45, 2.75) is 26.6 Å². The van der Waals surface area contributed by atoms with Crippen molar-refractivity contribution in [3.63, 3.8) is 0 Å². The number of benzene rings is 1. The van der Waals surface area contributed by atoms with E-state index in [0.29, 0.717) is 72.6 Å². The predicted molar refractivity (Wildman–Crippen MR) is 159 cm³/mol. The van der Waals surface area contributed by atoms with Crippen molar-refractivity contribution in [2.75, 3.05) is 46.8 Å². The van der Waals surface area contributed by atoms with E-state index >= 15 is 0 Å². The maximum atomic E-state index is 13.9. The smallest absolute Gasteiger partial charge is 0.345 e. The van der Waals surface area contributed by atoms with Crippen molar-refractivity contribution in [3.8, 4) is 21.7 Å². The number of carbonyl (C=O) groups is 2. The number of aromatic nitrogens is 3. The van der Waals surface area contributed by atoms with E-state index in [0.717, 1.165) is 16.7 Å². The van der Waals surface area contributed by atoms with Crippen LogP contribution in [0.5, 0.6) is 0 Å². The first-order valence-electron chi connectivity index (χ1n) is 13.7. The van der Waals surface area contributed by atoms with E-state index in [9.17, 15) is 27.6 Å². The molecule has 0 saturated carbocycles. The number of hydrogen-bond acceptors (Lipinski definition) is 7. The monoisotopic (exact) mass is 612 g/mol. The summed E-state index contributed by atoms with van der Waals surface area (Å²) in [5, 5.41) is 1.48. The minimum absolute atomic E-state index is 0.0247. The van der Waals surface area contributed by atoms with Gasteiger partial charge in [0.2, 0.25) is 11.3 Å². The lowest BCUT2D eigenvalue weighted by Crippen LogP contribution is -2.50. The minimum Gasteiger partial charge on any atom is -0.345 e. The van der Waals surface area contributed by atoms with Gasteiger partial charge in [-0.05, 0) is 44.8 Å². The van der Waals surface area contributed by atoms with Crippen molar-refractivity contribution in [2.24, 2.45) is 0 Å². The highest BCUT2D eigenvalue weighted by Gasteiger charge is 2.34. The molecule has 3 aromatic heterocycles. The van der Waals surface area contributed by atoms with Gasteiger partial charge in [0.25, 0.3) is 5.91 Å². The summed E-state index contributed by atoms with van der Waals surface area (Å²) in [5.74, 6) is -0.465. The molecular formula is C30H31F3N6O3S. The third-order valence-electron chi connectivity index (χ3n) is 7.49. The van der Waals surface area contributed by atoms with Crippen LogP contribution in [0.15, 0.2) is 46.8 Å². The average Bonchev–Trinajstić information content (AvgIpc) is 3.48. The van der Waals surface area contributed by atoms with E-state index in [2.05, 4.69) is 9.97 Å². The Morgan fingerprint density at radius 2 is 1.74 bits per heavy atom. The van der Waals surface area contributed by atoms with Crippen LogP contribution < -0.4 is 5.43 Å². The molecule has 0 atom stereocenters. The zero-order valence-electron chi connectivity index (χ0n) is 24.2. The Kier molecular flexibility index (Phi) is 8.39. The molecule has 1 saturated heterocycles. The highest BCUT2D eigenvalue weighted by Crippen LogP contribution is 2.38. The van der Waals surface area contributed by atoms with Gasteiger partial charge in [0.15, 0.2) is 5.69 Å². The molecule has 226 valence electrons. The number of aryl methyl sites for hydroxylation is 1. The van der Waals surface area contributed by atoms with Crippen molar-refractivity contribution < 1.29 is 22.8 Å². The molecule has 0 N–H and O–H groups in total. The number of nitrogens with zero attached hydrogens (tertiary/aromatic N) is 6. The van der Waals surface area contributed by atoms with Crippen LogP contribution in [0.2, 0.25) is 0 Å². The van der Waals surface area contributed by atoms with Crippen LogP contribution in [0.3, 0.4) is 0 Å². The second-order valence-corrected chi connectivity index (χ2v) is 11.7. The lowest BCUT2D eigenvalue weighted by atomic mass is 9.98. The molecule has 0 spiro atoms. The Morgan fingerprint density at radius 1 is 1.05 bits per heavy atom. The molecule has 1 aromatic carbocycles. The summed E-state index contributed by atoms with van der Waals surface area (Å²) in [5.41, 5.74) is 1.40. The molecule has 43 heavy (non-hydrogen) atoms. The summed E-state index contributed by atoms with van der Waals surface area (Å²) >= 11 is 0.886. The number of thiazole rings is 1. The van der Waals surface area contributed by atoms with Crippen LogP contribution in [-0.4, -0.2) is 87.9 Å². The SMILES string of the molecule is CC(=O)N1CCN(C(=O)c2cn(CCN(C)C)c3ccc(-c4cnc(C)cc4-c4nc(C(F)(F)F)cs4)cc3c2=O)CC1. The number of fused-ring (bicyclic) bond motifs is 1. The van der Waals surface area contributed by atoms with Gasteiger partial charge in [-0.1, -0.05) is 6.07 Å². The van der Waals surface area contributed by atoms with Gasteiger partial charge in [-0.25, -0.2) is 4.98 Å². The van der Waals surface area contributed by atoms with E-state index in [1.165, 1.54) is 6.92 Å². The number of hydrogen-bond donors (Lipinski definition) is 0. The number of piperazine rings is 1. The molecule has 1 aliphatic rings. The number of alkyl halides is 3. The highest BCUT2D eigenvalue weighted by atomic mass is 32.1. The number of halogens is 3. The maximum absolute atomic E-state index is 13.9. The number of rotatable bonds is 6. The molecule has 0 aliphatic carbocycles. The molecule has 0 radical (unpaired) electrons. The highest BCUT2D eigenvalue weighted by molar-refractivity contribution is 7.13. The van der Waals surface area contributed by atoms with Gasteiger partial charge in [0.05, 0.1) is 5.52 Å². The number of pyridine rings is 2. The minimum atomic E-state index is -4.57. The number of amides is 2. The Hall–Kier alpha value is -4.10. The van der Waals surface area contributed by atoms with Crippen LogP contribution in [0.4, 0.5) is 13.2 Å². The molecule has 5 rings (SSSR count). The lowest BCUT2D eigenvalue weighted by Gasteiger charge is -2.34. The zero-order chi connectivity index (χ0) is 31.1. The summed E-state index contributed by atoms with van der Waals surface area (Å²) in [6, 6.07) is 6.93. The van der Waals surface area contributed by atoms with Gasteiger partial charge in [0, 0.05) is 86.2 Å². The standard InChI is InChI=1S/C30H31F3N6O3S/c1-18-13-21(28-35-26(17-43-28)30(31,32)33)23(15-34-18)20-5-6-25-22(14-20)27(41)24(16-39(25)8-7-36(3)4)29(42)38-11-9-37(10-12-38)19(2)40/h5-6,13-17H,7-12H2,1-4H3. The molecule has 13 heteroatoms. The van der Waals surface area contributed by atoms with Gasteiger partial charge in [-0.2, -0.15) is 13.2 Å². The molecule has 1 aliphatic heterocycles.